The van der Waals surface area contributed by atoms with E-state index in [1.165, 1.54) is 5.56 Å². The van der Waals surface area contributed by atoms with Gasteiger partial charge in [-0.3, -0.25) is 0 Å². The van der Waals surface area contributed by atoms with Crippen LogP contribution in [0.2, 0.25) is 0 Å². The first kappa shape index (κ1) is 7.80. The van der Waals surface area contributed by atoms with E-state index in [1.807, 2.05) is 25.1 Å². The van der Waals surface area contributed by atoms with Crippen molar-refractivity contribution in [3.8, 4) is 0 Å². The summed E-state index contributed by atoms with van der Waals surface area (Å²) in [7, 11) is 0. The summed E-state index contributed by atoms with van der Waals surface area (Å²) >= 11 is 0. The van der Waals surface area contributed by atoms with Crippen LogP contribution in [0.15, 0.2) is 37.4 Å². The molecule has 0 bridgehead atoms. The van der Waals surface area contributed by atoms with Crippen molar-refractivity contribution < 1.29 is 0 Å². The van der Waals surface area contributed by atoms with Crippen LogP contribution in [0, 0.1) is 0 Å². The highest BCUT2D eigenvalue weighted by Gasteiger charge is 1.91. The minimum Gasteiger partial charge on any atom is -0.0985 e. The average Bonchev–Trinajstić information content (AvgIpc) is 2.05. The fraction of sp³-hybridized carbons (Fsp3) is 0.0909. The zero-order valence-corrected chi connectivity index (χ0v) is 6.80. The second-order valence-electron chi connectivity index (χ2n) is 2.61. The maximum absolute atomic E-state index is 3.87. The van der Waals surface area contributed by atoms with Crippen molar-refractivity contribution in [1.29, 1.82) is 0 Å². The van der Waals surface area contributed by atoms with E-state index < -0.39 is 0 Å². The largest absolute Gasteiger partial charge is 0.0985 e. The molecule has 1 aromatic rings. The molecule has 0 spiro atoms. The second kappa shape index (κ2) is 3.20. The Bertz CT molecular complexity index is 282. The summed E-state index contributed by atoms with van der Waals surface area (Å²) in [5.74, 6) is 0. The van der Waals surface area contributed by atoms with Gasteiger partial charge in [0.15, 0.2) is 0 Å². The van der Waals surface area contributed by atoms with Crippen LogP contribution in [-0.4, -0.2) is 0 Å². The molecule has 0 saturated carbocycles. The van der Waals surface area contributed by atoms with E-state index >= 15 is 0 Å². The van der Waals surface area contributed by atoms with Gasteiger partial charge in [-0.05, 0) is 24.1 Å². The molecule has 0 nitrogen and oxygen atoms in total. The number of hydrogen-bond acceptors (Lipinski definition) is 0. The predicted octanol–water partition coefficient (Wildman–Crippen LogP) is 3.36. The van der Waals surface area contributed by atoms with Gasteiger partial charge in [-0.25, -0.2) is 0 Å². The SMILES string of the molecule is C=Cc1cccc(C(=C)C)c1. The fourth-order valence-corrected chi connectivity index (χ4v) is 0.931. The summed E-state index contributed by atoms with van der Waals surface area (Å²) in [5, 5.41) is 0. The minimum absolute atomic E-state index is 1.09. The average molecular weight is 144 g/mol. The molecule has 0 unspecified atom stereocenters. The summed E-state index contributed by atoms with van der Waals surface area (Å²) in [6, 6.07) is 8.17. The molecule has 0 heterocycles. The van der Waals surface area contributed by atoms with E-state index in [9.17, 15) is 0 Å². The minimum atomic E-state index is 1.09. The van der Waals surface area contributed by atoms with Gasteiger partial charge >= 0.3 is 0 Å². The number of allylic oxidation sites excluding steroid dienone is 1. The molecule has 11 heavy (non-hydrogen) atoms. The van der Waals surface area contributed by atoms with Gasteiger partial charge in [-0.1, -0.05) is 43.0 Å². The third-order valence-corrected chi connectivity index (χ3v) is 1.62. The van der Waals surface area contributed by atoms with Gasteiger partial charge in [0.05, 0.1) is 0 Å². The van der Waals surface area contributed by atoms with Gasteiger partial charge in [0.1, 0.15) is 0 Å². The molecule has 1 aromatic carbocycles. The highest BCUT2D eigenvalue weighted by atomic mass is 14.0. The van der Waals surface area contributed by atoms with Gasteiger partial charge in [0.2, 0.25) is 0 Å². The summed E-state index contributed by atoms with van der Waals surface area (Å²) in [4.78, 5) is 0. The van der Waals surface area contributed by atoms with Crippen LogP contribution in [0.4, 0.5) is 0 Å². The Morgan fingerprint density at radius 3 is 2.73 bits per heavy atom. The molecule has 0 fully saturated rings. The molecule has 0 aliphatic carbocycles. The van der Waals surface area contributed by atoms with Crippen molar-refractivity contribution in [2.75, 3.05) is 0 Å². The lowest BCUT2D eigenvalue weighted by Gasteiger charge is -1.99. The molecule has 0 heteroatoms. The summed E-state index contributed by atoms with van der Waals surface area (Å²) in [6.07, 6.45) is 1.84. The third kappa shape index (κ3) is 1.81. The Hall–Kier alpha value is -1.30. The maximum atomic E-state index is 3.87. The Kier molecular flexibility index (Phi) is 2.27. The lowest BCUT2D eigenvalue weighted by molar-refractivity contribution is 1.56. The molecule has 0 aliphatic rings. The Labute approximate surface area is 67.9 Å². The molecule has 0 amide bonds. The predicted molar refractivity (Wildman–Crippen MR) is 51.2 cm³/mol. The van der Waals surface area contributed by atoms with Gasteiger partial charge in [0, 0.05) is 0 Å². The normalized spacial score (nSPS) is 9.18. The topological polar surface area (TPSA) is 0 Å². The zero-order valence-electron chi connectivity index (χ0n) is 6.80. The van der Waals surface area contributed by atoms with Crippen LogP contribution >= 0.6 is 0 Å². The van der Waals surface area contributed by atoms with Gasteiger partial charge < -0.3 is 0 Å². The molecule has 56 valence electrons. The van der Waals surface area contributed by atoms with Gasteiger partial charge in [0.25, 0.3) is 0 Å². The lowest BCUT2D eigenvalue weighted by Crippen LogP contribution is -1.78. The molecule has 1 rings (SSSR count). The van der Waals surface area contributed by atoms with Crippen LogP contribution in [0.1, 0.15) is 18.1 Å². The van der Waals surface area contributed by atoms with Crippen LogP contribution in [0.3, 0.4) is 0 Å². The van der Waals surface area contributed by atoms with Gasteiger partial charge in [-0.15, -0.1) is 0 Å². The van der Waals surface area contributed by atoms with Crippen molar-refractivity contribution in [2.24, 2.45) is 0 Å². The molecule has 0 N–H and O–H groups in total. The first-order valence-corrected chi connectivity index (χ1v) is 3.62. The first-order valence-electron chi connectivity index (χ1n) is 3.62. The van der Waals surface area contributed by atoms with Gasteiger partial charge in [-0.2, -0.15) is 0 Å². The van der Waals surface area contributed by atoms with E-state index in [1.54, 1.807) is 0 Å². The van der Waals surface area contributed by atoms with Crippen LogP contribution in [0.25, 0.3) is 11.6 Å². The summed E-state index contributed by atoms with van der Waals surface area (Å²) < 4.78 is 0. The smallest absolute Gasteiger partial charge is 0.0227 e. The van der Waals surface area contributed by atoms with Crippen molar-refractivity contribution >= 4 is 11.6 Å². The van der Waals surface area contributed by atoms with E-state index in [0.717, 1.165) is 11.1 Å². The molecule has 0 atom stereocenters. The standard InChI is InChI=1S/C11H12/c1-4-10-6-5-7-11(8-10)9(2)3/h4-8H,1-2H2,3H3. The van der Waals surface area contributed by atoms with E-state index in [2.05, 4.69) is 25.3 Å². The van der Waals surface area contributed by atoms with Crippen molar-refractivity contribution in [2.45, 2.75) is 6.92 Å². The van der Waals surface area contributed by atoms with Crippen molar-refractivity contribution in [3.63, 3.8) is 0 Å². The van der Waals surface area contributed by atoms with E-state index in [0.29, 0.717) is 0 Å². The molecular weight excluding hydrogens is 132 g/mol. The molecule has 0 aromatic heterocycles. The first-order chi connectivity index (χ1) is 5.24. The Morgan fingerprint density at radius 1 is 1.45 bits per heavy atom. The number of hydrogen-bond donors (Lipinski definition) is 0. The van der Waals surface area contributed by atoms with Crippen LogP contribution in [-0.2, 0) is 0 Å². The number of rotatable bonds is 2. The molecular formula is C11H12. The monoisotopic (exact) mass is 144 g/mol. The van der Waals surface area contributed by atoms with Crippen molar-refractivity contribution in [1.82, 2.24) is 0 Å². The summed E-state index contributed by atoms with van der Waals surface area (Å²) in [5.41, 5.74) is 3.42. The lowest BCUT2D eigenvalue weighted by atomic mass is 10.1. The Balaban J connectivity index is 3.10. The highest BCUT2D eigenvalue weighted by molar-refractivity contribution is 5.64. The fourth-order valence-electron chi connectivity index (χ4n) is 0.931. The van der Waals surface area contributed by atoms with Crippen LogP contribution < -0.4 is 0 Å². The quantitative estimate of drug-likeness (QED) is 0.597. The van der Waals surface area contributed by atoms with Crippen molar-refractivity contribution in [3.05, 3.63) is 48.6 Å². The highest BCUT2D eigenvalue weighted by Crippen LogP contribution is 2.13. The zero-order chi connectivity index (χ0) is 8.27. The molecule has 0 radical (unpaired) electrons. The van der Waals surface area contributed by atoms with E-state index in [-0.39, 0.29) is 0 Å². The molecule has 0 aliphatic heterocycles. The maximum Gasteiger partial charge on any atom is -0.0227 e. The Morgan fingerprint density at radius 2 is 2.18 bits per heavy atom. The molecule has 0 saturated heterocycles. The van der Waals surface area contributed by atoms with E-state index in [4.69, 9.17) is 0 Å². The number of benzene rings is 1. The third-order valence-electron chi connectivity index (χ3n) is 1.62. The van der Waals surface area contributed by atoms with Crippen LogP contribution in [0.5, 0.6) is 0 Å². The summed E-state index contributed by atoms with van der Waals surface area (Å²) in [6.45, 7) is 9.57. The second-order valence-corrected chi connectivity index (χ2v) is 2.61.